The van der Waals surface area contributed by atoms with Crippen molar-refractivity contribution in [2.75, 3.05) is 7.11 Å². The summed E-state index contributed by atoms with van der Waals surface area (Å²) in [6.45, 7) is 0. The van der Waals surface area contributed by atoms with E-state index in [2.05, 4.69) is 12.2 Å². The molecule has 1 rings (SSSR count). The Morgan fingerprint density at radius 1 is 1.08 bits per heavy atom. The lowest BCUT2D eigenvalue weighted by atomic mass is 10.0. The second-order valence-electron chi connectivity index (χ2n) is 3.55. The van der Waals surface area contributed by atoms with Gasteiger partial charge in [-0.1, -0.05) is 37.8 Å². The summed E-state index contributed by atoms with van der Waals surface area (Å²) in [6, 6.07) is 0. The SMILES string of the molecule is COC1/C=C/CCCCCCC1. The molecule has 0 radical (unpaired) electrons. The van der Waals surface area contributed by atoms with Gasteiger partial charge in [-0.2, -0.15) is 0 Å². The first-order valence-electron chi connectivity index (χ1n) is 5.13. The Morgan fingerprint density at radius 2 is 1.83 bits per heavy atom. The van der Waals surface area contributed by atoms with Gasteiger partial charge < -0.3 is 4.74 Å². The minimum Gasteiger partial charge on any atom is -0.377 e. The van der Waals surface area contributed by atoms with Gasteiger partial charge in [-0.15, -0.1) is 0 Å². The number of methoxy groups -OCH3 is 1. The largest absolute Gasteiger partial charge is 0.377 e. The van der Waals surface area contributed by atoms with Crippen LogP contribution in [0.5, 0.6) is 0 Å². The summed E-state index contributed by atoms with van der Waals surface area (Å²) in [4.78, 5) is 0. The number of ether oxygens (including phenoxy) is 1. The average Bonchev–Trinajstić information content (AvgIpc) is 2.14. The van der Waals surface area contributed by atoms with E-state index in [1.165, 1.54) is 44.9 Å². The molecule has 0 spiro atoms. The van der Waals surface area contributed by atoms with Gasteiger partial charge in [0.1, 0.15) is 0 Å². The fourth-order valence-corrected chi connectivity index (χ4v) is 1.68. The molecule has 0 aliphatic heterocycles. The Balaban J connectivity index is 2.31. The maximum Gasteiger partial charge on any atom is 0.0752 e. The van der Waals surface area contributed by atoms with Crippen molar-refractivity contribution in [3.8, 4) is 0 Å². The lowest BCUT2D eigenvalue weighted by molar-refractivity contribution is 0.130. The molecule has 0 saturated carbocycles. The van der Waals surface area contributed by atoms with Crippen molar-refractivity contribution in [3.63, 3.8) is 0 Å². The molecule has 0 N–H and O–H groups in total. The van der Waals surface area contributed by atoms with Crippen LogP contribution >= 0.6 is 0 Å². The summed E-state index contributed by atoms with van der Waals surface area (Å²) in [6.07, 6.45) is 14.2. The van der Waals surface area contributed by atoms with Gasteiger partial charge in [-0.25, -0.2) is 0 Å². The summed E-state index contributed by atoms with van der Waals surface area (Å²) in [5, 5.41) is 0. The van der Waals surface area contributed by atoms with Gasteiger partial charge in [0.25, 0.3) is 0 Å². The summed E-state index contributed by atoms with van der Waals surface area (Å²) in [5.41, 5.74) is 0. The van der Waals surface area contributed by atoms with Crippen LogP contribution in [0, 0.1) is 0 Å². The van der Waals surface area contributed by atoms with Crippen LogP contribution in [-0.4, -0.2) is 13.2 Å². The lowest BCUT2D eigenvalue weighted by Crippen LogP contribution is -2.06. The van der Waals surface area contributed by atoms with Crippen molar-refractivity contribution in [2.24, 2.45) is 0 Å². The molecule has 0 bridgehead atoms. The second kappa shape index (κ2) is 6.24. The third-order valence-electron chi connectivity index (χ3n) is 2.51. The van der Waals surface area contributed by atoms with Crippen LogP contribution in [0.15, 0.2) is 12.2 Å². The van der Waals surface area contributed by atoms with Gasteiger partial charge >= 0.3 is 0 Å². The first-order valence-corrected chi connectivity index (χ1v) is 5.13. The van der Waals surface area contributed by atoms with Crippen LogP contribution in [0.4, 0.5) is 0 Å². The van der Waals surface area contributed by atoms with Crippen molar-refractivity contribution in [2.45, 2.75) is 51.0 Å². The van der Waals surface area contributed by atoms with Gasteiger partial charge in [0.05, 0.1) is 6.10 Å². The molecule has 1 aliphatic carbocycles. The first kappa shape index (κ1) is 9.79. The molecule has 1 heteroatoms. The van der Waals surface area contributed by atoms with E-state index in [0.29, 0.717) is 6.10 Å². The van der Waals surface area contributed by atoms with E-state index in [0.717, 1.165) is 0 Å². The standard InChI is InChI=1S/C11H20O/c1-12-11-9-7-5-3-2-4-6-8-10-11/h7,9,11H,2-6,8,10H2,1H3/b9-7+. The van der Waals surface area contributed by atoms with Gasteiger partial charge in [0, 0.05) is 7.11 Å². The monoisotopic (exact) mass is 168 g/mol. The van der Waals surface area contributed by atoms with E-state index in [4.69, 9.17) is 4.74 Å². The molecule has 0 amide bonds. The van der Waals surface area contributed by atoms with Crippen LogP contribution in [0.3, 0.4) is 0 Å². The average molecular weight is 168 g/mol. The number of rotatable bonds is 1. The van der Waals surface area contributed by atoms with E-state index in [9.17, 15) is 0 Å². The Kier molecular flexibility index (Phi) is 5.09. The zero-order valence-electron chi connectivity index (χ0n) is 8.09. The first-order chi connectivity index (χ1) is 5.93. The molecular weight excluding hydrogens is 148 g/mol. The molecule has 0 aromatic carbocycles. The van der Waals surface area contributed by atoms with E-state index >= 15 is 0 Å². The highest BCUT2D eigenvalue weighted by molar-refractivity contribution is 4.89. The van der Waals surface area contributed by atoms with E-state index in [-0.39, 0.29) is 0 Å². The fraction of sp³-hybridized carbons (Fsp3) is 0.818. The predicted molar refractivity (Wildman–Crippen MR) is 52.3 cm³/mol. The quantitative estimate of drug-likeness (QED) is 0.546. The minimum atomic E-state index is 0.378. The maximum absolute atomic E-state index is 5.34. The summed E-state index contributed by atoms with van der Waals surface area (Å²) < 4.78 is 5.34. The highest BCUT2D eigenvalue weighted by atomic mass is 16.5. The molecule has 0 saturated heterocycles. The molecule has 1 aliphatic rings. The zero-order valence-corrected chi connectivity index (χ0v) is 8.09. The summed E-state index contributed by atoms with van der Waals surface area (Å²) in [7, 11) is 1.81. The third-order valence-corrected chi connectivity index (χ3v) is 2.51. The van der Waals surface area contributed by atoms with Gasteiger partial charge in [-0.05, 0) is 19.3 Å². The molecule has 12 heavy (non-hydrogen) atoms. The van der Waals surface area contributed by atoms with Crippen molar-refractivity contribution in [1.29, 1.82) is 0 Å². The summed E-state index contributed by atoms with van der Waals surface area (Å²) in [5.74, 6) is 0. The second-order valence-corrected chi connectivity index (χ2v) is 3.55. The predicted octanol–water partition coefficient (Wildman–Crippen LogP) is 3.30. The molecule has 1 unspecified atom stereocenters. The minimum absolute atomic E-state index is 0.378. The van der Waals surface area contributed by atoms with Crippen LogP contribution in [0.2, 0.25) is 0 Å². The van der Waals surface area contributed by atoms with Crippen molar-refractivity contribution < 1.29 is 4.74 Å². The molecule has 70 valence electrons. The zero-order chi connectivity index (χ0) is 8.65. The number of hydrogen-bond donors (Lipinski definition) is 0. The maximum atomic E-state index is 5.34. The number of hydrogen-bond acceptors (Lipinski definition) is 1. The molecule has 1 nitrogen and oxygen atoms in total. The lowest BCUT2D eigenvalue weighted by Gasteiger charge is -2.11. The molecule has 0 aromatic heterocycles. The molecule has 0 fully saturated rings. The topological polar surface area (TPSA) is 9.23 Å². The molecule has 0 heterocycles. The van der Waals surface area contributed by atoms with Crippen molar-refractivity contribution >= 4 is 0 Å². The van der Waals surface area contributed by atoms with E-state index in [1.54, 1.807) is 7.11 Å². The normalized spacial score (nSPS) is 29.6. The van der Waals surface area contributed by atoms with Crippen molar-refractivity contribution in [1.82, 2.24) is 0 Å². The Hall–Kier alpha value is -0.300. The van der Waals surface area contributed by atoms with Gasteiger partial charge in [0.2, 0.25) is 0 Å². The highest BCUT2D eigenvalue weighted by Crippen LogP contribution is 2.13. The molecular formula is C11H20O. The smallest absolute Gasteiger partial charge is 0.0752 e. The third kappa shape index (κ3) is 3.91. The molecule has 0 aromatic rings. The Morgan fingerprint density at radius 3 is 2.67 bits per heavy atom. The molecule has 1 atom stereocenters. The summed E-state index contributed by atoms with van der Waals surface area (Å²) >= 11 is 0. The number of allylic oxidation sites excluding steroid dienone is 1. The van der Waals surface area contributed by atoms with Crippen LogP contribution in [-0.2, 0) is 4.74 Å². The Labute approximate surface area is 75.8 Å². The van der Waals surface area contributed by atoms with E-state index in [1.807, 2.05) is 0 Å². The van der Waals surface area contributed by atoms with Crippen LogP contribution in [0.1, 0.15) is 44.9 Å². The van der Waals surface area contributed by atoms with Crippen LogP contribution < -0.4 is 0 Å². The van der Waals surface area contributed by atoms with Gasteiger partial charge in [0.15, 0.2) is 0 Å². The van der Waals surface area contributed by atoms with Gasteiger partial charge in [-0.3, -0.25) is 0 Å². The highest BCUT2D eigenvalue weighted by Gasteiger charge is 2.02. The fourth-order valence-electron chi connectivity index (χ4n) is 1.68. The Bertz CT molecular complexity index is 129. The van der Waals surface area contributed by atoms with Crippen LogP contribution in [0.25, 0.3) is 0 Å². The van der Waals surface area contributed by atoms with Crippen molar-refractivity contribution in [3.05, 3.63) is 12.2 Å². The van der Waals surface area contributed by atoms with E-state index < -0.39 is 0 Å².